The fourth-order valence-electron chi connectivity index (χ4n) is 5.12. The number of hydrogen-bond acceptors (Lipinski definition) is 4. The smallest absolute Gasteiger partial charge is 0.257 e. The van der Waals surface area contributed by atoms with Crippen molar-refractivity contribution in [1.29, 1.82) is 0 Å². The van der Waals surface area contributed by atoms with Gasteiger partial charge in [0.2, 0.25) is 0 Å². The lowest BCUT2D eigenvalue weighted by molar-refractivity contribution is 0.0701. The van der Waals surface area contributed by atoms with Crippen molar-refractivity contribution in [3.63, 3.8) is 0 Å². The molecule has 0 aliphatic carbocycles. The van der Waals surface area contributed by atoms with Gasteiger partial charge in [0, 0.05) is 63.7 Å². The molecule has 1 N–H and O–H groups in total. The molecule has 0 saturated carbocycles. The Hall–Kier alpha value is -2.93. The topological polar surface area (TPSA) is 70.1 Å². The third kappa shape index (κ3) is 3.54. The molecule has 3 aromatic rings. The second kappa shape index (κ2) is 8.07. The van der Waals surface area contributed by atoms with Crippen LogP contribution in [0.1, 0.15) is 34.7 Å². The van der Waals surface area contributed by atoms with Crippen molar-refractivity contribution in [2.45, 2.75) is 25.9 Å². The van der Waals surface area contributed by atoms with Gasteiger partial charge in [0.05, 0.1) is 17.8 Å². The lowest BCUT2D eigenvalue weighted by atomic mass is 9.89. The molecule has 0 spiro atoms. The molecule has 7 heteroatoms. The van der Waals surface area contributed by atoms with E-state index >= 15 is 0 Å². The van der Waals surface area contributed by atoms with Gasteiger partial charge in [-0.3, -0.25) is 9.48 Å². The van der Waals surface area contributed by atoms with Crippen LogP contribution in [-0.4, -0.2) is 61.6 Å². The first kappa shape index (κ1) is 19.1. The van der Waals surface area contributed by atoms with Gasteiger partial charge in [-0.1, -0.05) is 30.3 Å². The van der Waals surface area contributed by atoms with E-state index in [1.54, 1.807) is 6.20 Å². The maximum Gasteiger partial charge on any atom is 0.257 e. The van der Waals surface area contributed by atoms with Crippen LogP contribution in [0.5, 0.6) is 0 Å². The first-order chi connectivity index (χ1) is 14.7. The Balaban J connectivity index is 1.35. The van der Waals surface area contributed by atoms with Gasteiger partial charge in [-0.2, -0.15) is 5.10 Å². The maximum absolute atomic E-state index is 13.4. The first-order valence-corrected chi connectivity index (χ1v) is 10.8. The minimum atomic E-state index is 0.0973. The number of aromatic amines is 1. The summed E-state index contributed by atoms with van der Waals surface area (Å²) in [4.78, 5) is 25.6. The first-order valence-electron chi connectivity index (χ1n) is 10.8. The zero-order valence-corrected chi connectivity index (χ0v) is 17.3. The summed E-state index contributed by atoms with van der Waals surface area (Å²) in [5, 5.41) is 4.31. The van der Waals surface area contributed by atoms with Crippen LogP contribution in [0, 0.1) is 11.8 Å². The number of carbonyl (C=O) groups is 1. The number of carbonyl (C=O) groups excluding carboxylic acids is 1. The molecule has 2 fully saturated rings. The maximum atomic E-state index is 13.4. The largest absolute Gasteiger partial charge is 0.349 e. The normalized spacial score (nSPS) is 23.8. The number of H-pyrrole nitrogens is 1. The van der Waals surface area contributed by atoms with E-state index < -0.39 is 0 Å². The van der Waals surface area contributed by atoms with Crippen molar-refractivity contribution in [2.75, 3.05) is 26.2 Å². The van der Waals surface area contributed by atoms with Crippen LogP contribution in [0.2, 0.25) is 0 Å². The second-order valence-corrected chi connectivity index (χ2v) is 8.37. The number of nitrogens with one attached hydrogen (secondary N) is 1. The summed E-state index contributed by atoms with van der Waals surface area (Å²) in [5.41, 5.74) is 1.92. The van der Waals surface area contributed by atoms with E-state index in [2.05, 4.69) is 49.1 Å². The summed E-state index contributed by atoms with van der Waals surface area (Å²) < 4.78 is 1.82. The molecular formula is C23H28N6O. The van der Waals surface area contributed by atoms with Crippen LogP contribution in [0.25, 0.3) is 0 Å². The number of fused-ring (bicyclic) bond motifs is 1. The minimum absolute atomic E-state index is 0.0973. The molecule has 7 nitrogen and oxygen atoms in total. The van der Waals surface area contributed by atoms with Crippen LogP contribution in [0.15, 0.2) is 55.1 Å². The molecule has 3 atom stereocenters. The van der Waals surface area contributed by atoms with E-state index in [9.17, 15) is 4.79 Å². The van der Waals surface area contributed by atoms with Crippen molar-refractivity contribution in [3.8, 4) is 0 Å². The standard InChI is InChI=1S/C23H28N6O/c1-2-28-14-18(12-26-28)23(30)29-15-19-13-27(11-8-21-24-9-10-25-21)16-20(19)22(29)17-6-4-3-5-7-17/h3-7,9-10,12,14,19-20,22H,2,8,11,13,15-16H2,1H3,(H,24,25)/t19-,20-,22+/m0/s1. The molecule has 2 aliphatic heterocycles. The molecule has 0 bridgehead atoms. The summed E-state index contributed by atoms with van der Waals surface area (Å²) in [6.07, 6.45) is 8.19. The summed E-state index contributed by atoms with van der Waals surface area (Å²) in [7, 11) is 0. The number of aromatic nitrogens is 4. The Morgan fingerprint density at radius 2 is 2.07 bits per heavy atom. The highest BCUT2D eigenvalue weighted by Gasteiger charge is 2.49. The Morgan fingerprint density at radius 1 is 1.20 bits per heavy atom. The zero-order valence-electron chi connectivity index (χ0n) is 17.3. The van der Waals surface area contributed by atoms with E-state index in [1.165, 1.54) is 5.56 Å². The van der Waals surface area contributed by atoms with Crippen molar-refractivity contribution >= 4 is 5.91 Å². The highest BCUT2D eigenvalue weighted by atomic mass is 16.2. The van der Waals surface area contributed by atoms with E-state index in [1.807, 2.05) is 36.3 Å². The van der Waals surface area contributed by atoms with Gasteiger partial charge >= 0.3 is 0 Å². The van der Waals surface area contributed by atoms with Gasteiger partial charge in [0.15, 0.2) is 0 Å². The summed E-state index contributed by atoms with van der Waals surface area (Å²) >= 11 is 0. The number of nitrogens with zero attached hydrogens (tertiary/aromatic N) is 5. The number of imidazole rings is 1. The van der Waals surface area contributed by atoms with Gasteiger partial charge in [-0.25, -0.2) is 4.98 Å². The molecule has 5 rings (SSSR count). The number of aryl methyl sites for hydroxylation is 1. The summed E-state index contributed by atoms with van der Waals surface area (Å²) in [5.74, 6) is 2.09. The Bertz CT molecular complexity index is 982. The molecule has 4 heterocycles. The third-order valence-electron chi connectivity index (χ3n) is 6.57. The van der Waals surface area contributed by atoms with Crippen molar-refractivity contribution in [3.05, 3.63) is 72.1 Å². The van der Waals surface area contributed by atoms with Gasteiger partial charge in [0.1, 0.15) is 5.82 Å². The lowest BCUT2D eigenvalue weighted by Gasteiger charge is -2.29. The van der Waals surface area contributed by atoms with Gasteiger partial charge < -0.3 is 14.8 Å². The van der Waals surface area contributed by atoms with Crippen LogP contribution in [-0.2, 0) is 13.0 Å². The van der Waals surface area contributed by atoms with Gasteiger partial charge in [-0.05, 0) is 18.4 Å². The molecule has 2 saturated heterocycles. The number of benzene rings is 1. The fraction of sp³-hybridized carbons (Fsp3) is 0.435. The Kier molecular flexibility index (Phi) is 5.12. The highest BCUT2D eigenvalue weighted by Crippen LogP contribution is 2.45. The van der Waals surface area contributed by atoms with Crippen LogP contribution < -0.4 is 0 Å². The molecule has 1 amide bonds. The molecule has 2 aliphatic rings. The van der Waals surface area contributed by atoms with E-state index in [4.69, 9.17) is 0 Å². The quantitative estimate of drug-likeness (QED) is 0.686. The summed E-state index contributed by atoms with van der Waals surface area (Å²) in [6.45, 7) is 6.66. The van der Waals surface area contributed by atoms with E-state index in [0.29, 0.717) is 17.4 Å². The second-order valence-electron chi connectivity index (χ2n) is 8.37. The minimum Gasteiger partial charge on any atom is -0.349 e. The Labute approximate surface area is 176 Å². The van der Waals surface area contributed by atoms with Gasteiger partial charge in [-0.15, -0.1) is 0 Å². The van der Waals surface area contributed by atoms with E-state index in [0.717, 1.165) is 45.0 Å². The predicted molar refractivity (Wildman–Crippen MR) is 114 cm³/mol. The number of likely N-dealkylation sites (tertiary alicyclic amines) is 2. The van der Waals surface area contributed by atoms with Crippen molar-refractivity contribution < 1.29 is 4.79 Å². The molecule has 0 radical (unpaired) electrons. The van der Waals surface area contributed by atoms with Crippen molar-refractivity contribution in [1.82, 2.24) is 29.5 Å². The van der Waals surface area contributed by atoms with Gasteiger partial charge in [0.25, 0.3) is 5.91 Å². The number of amides is 1. The third-order valence-corrected chi connectivity index (χ3v) is 6.57. The summed E-state index contributed by atoms with van der Waals surface area (Å²) in [6, 6.07) is 10.6. The predicted octanol–water partition coefficient (Wildman–Crippen LogP) is 2.61. The number of hydrogen-bond donors (Lipinski definition) is 1. The van der Waals surface area contributed by atoms with Crippen molar-refractivity contribution in [2.24, 2.45) is 11.8 Å². The molecule has 30 heavy (non-hydrogen) atoms. The number of rotatable bonds is 6. The molecule has 0 unspecified atom stereocenters. The van der Waals surface area contributed by atoms with Crippen LogP contribution >= 0.6 is 0 Å². The molecule has 1 aromatic carbocycles. The molecule has 156 valence electrons. The average Bonchev–Trinajstić information content (AvgIpc) is 3.56. The monoisotopic (exact) mass is 404 g/mol. The van der Waals surface area contributed by atoms with Crippen LogP contribution in [0.4, 0.5) is 0 Å². The highest BCUT2D eigenvalue weighted by molar-refractivity contribution is 5.94. The van der Waals surface area contributed by atoms with Crippen LogP contribution in [0.3, 0.4) is 0 Å². The van der Waals surface area contributed by atoms with E-state index in [-0.39, 0.29) is 11.9 Å². The fourth-order valence-corrected chi connectivity index (χ4v) is 5.12. The average molecular weight is 405 g/mol. The lowest BCUT2D eigenvalue weighted by Crippen LogP contribution is -2.36. The molecular weight excluding hydrogens is 376 g/mol. The Morgan fingerprint density at radius 3 is 2.80 bits per heavy atom. The zero-order chi connectivity index (χ0) is 20.5. The molecule has 2 aromatic heterocycles. The SMILES string of the molecule is CCn1cc(C(=O)N2C[C@@H]3CN(CCc4ncc[nH]4)C[C@@H]3[C@H]2c2ccccc2)cn1.